The number of hydrogen-bond donors (Lipinski definition) is 1. The van der Waals surface area contributed by atoms with Crippen molar-refractivity contribution in [1.29, 1.82) is 0 Å². The SMILES string of the molecule is NC(=O)COC(=O)CCCC1CCN(c2cnc3ccccc3c2)CC1. The Hall–Kier alpha value is -2.63. The summed E-state index contributed by atoms with van der Waals surface area (Å²) in [6.07, 6.45) is 6.33. The molecule has 1 amide bonds. The van der Waals surface area contributed by atoms with Crippen LogP contribution in [0, 0.1) is 5.92 Å². The number of hydrogen-bond acceptors (Lipinski definition) is 5. The second-order valence-corrected chi connectivity index (χ2v) is 6.84. The number of carbonyl (C=O) groups is 2. The molecule has 6 nitrogen and oxygen atoms in total. The Bertz CT molecular complexity index is 770. The standard InChI is InChI=1S/C20H25N3O3/c21-19(24)14-26-20(25)7-3-4-15-8-10-23(11-9-15)17-12-16-5-1-2-6-18(16)22-13-17/h1-2,5-6,12-13,15H,3-4,7-11,14H2,(H2,21,24). The summed E-state index contributed by atoms with van der Waals surface area (Å²) in [5.41, 5.74) is 7.15. The molecule has 0 aliphatic carbocycles. The van der Waals surface area contributed by atoms with Gasteiger partial charge in [0, 0.05) is 24.9 Å². The van der Waals surface area contributed by atoms with Crippen molar-refractivity contribution in [2.24, 2.45) is 11.7 Å². The lowest BCUT2D eigenvalue weighted by Gasteiger charge is -2.33. The number of amides is 1. The number of esters is 1. The minimum absolute atomic E-state index is 0.322. The largest absolute Gasteiger partial charge is 0.456 e. The number of ether oxygens (including phenoxy) is 1. The predicted molar refractivity (Wildman–Crippen MR) is 101 cm³/mol. The molecule has 1 aromatic carbocycles. The number of para-hydroxylation sites is 1. The topological polar surface area (TPSA) is 85.5 Å². The fourth-order valence-corrected chi connectivity index (χ4v) is 3.47. The van der Waals surface area contributed by atoms with E-state index in [1.165, 1.54) is 11.1 Å². The number of pyridine rings is 1. The van der Waals surface area contributed by atoms with Gasteiger partial charge in [-0.3, -0.25) is 14.6 Å². The van der Waals surface area contributed by atoms with E-state index in [-0.39, 0.29) is 12.6 Å². The number of carbonyl (C=O) groups excluding carboxylic acids is 2. The number of aromatic nitrogens is 1. The number of nitrogens with two attached hydrogens (primary N) is 1. The Balaban J connectivity index is 1.42. The first-order valence-corrected chi connectivity index (χ1v) is 9.15. The number of nitrogens with zero attached hydrogens (tertiary/aromatic N) is 2. The summed E-state index contributed by atoms with van der Waals surface area (Å²) in [5.74, 6) is -0.332. The zero-order chi connectivity index (χ0) is 18.4. The molecule has 138 valence electrons. The molecule has 0 radical (unpaired) electrons. The zero-order valence-corrected chi connectivity index (χ0v) is 14.9. The molecule has 2 heterocycles. The van der Waals surface area contributed by atoms with Gasteiger partial charge in [0.25, 0.3) is 5.91 Å². The number of benzene rings is 1. The third kappa shape index (κ3) is 4.94. The molecule has 26 heavy (non-hydrogen) atoms. The van der Waals surface area contributed by atoms with Crippen LogP contribution >= 0.6 is 0 Å². The quantitative estimate of drug-likeness (QED) is 0.772. The van der Waals surface area contributed by atoms with Crippen molar-refractivity contribution in [2.45, 2.75) is 32.1 Å². The maximum atomic E-state index is 11.5. The van der Waals surface area contributed by atoms with Gasteiger partial charge in [-0.25, -0.2) is 0 Å². The third-order valence-corrected chi connectivity index (χ3v) is 4.92. The summed E-state index contributed by atoms with van der Waals surface area (Å²) in [6, 6.07) is 10.4. The fourth-order valence-electron chi connectivity index (χ4n) is 3.47. The third-order valence-electron chi connectivity index (χ3n) is 4.92. The van der Waals surface area contributed by atoms with Gasteiger partial charge < -0.3 is 15.4 Å². The van der Waals surface area contributed by atoms with E-state index in [4.69, 9.17) is 10.5 Å². The lowest BCUT2D eigenvalue weighted by atomic mass is 9.91. The highest BCUT2D eigenvalue weighted by atomic mass is 16.5. The van der Waals surface area contributed by atoms with Crippen LogP contribution in [0.4, 0.5) is 5.69 Å². The fraction of sp³-hybridized carbons (Fsp3) is 0.450. The number of anilines is 1. The van der Waals surface area contributed by atoms with Crippen LogP contribution in [0.5, 0.6) is 0 Å². The summed E-state index contributed by atoms with van der Waals surface area (Å²) in [6.45, 7) is 1.70. The van der Waals surface area contributed by atoms with Gasteiger partial charge in [-0.15, -0.1) is 0 Å². The Morgan fingerprint density at radius 3 is 2.77 bits per heavy atom. The molecule has 6 heteroatoms. The Morgan fingerprint density at radius 1 is 1.23 bits per heavy atom. The average molecular weight is 355 g/mol. The molecule has 2 aromatic rings. The summed E-state index contributed by atoms with van der Waals surface area (Å²) < 4.78 is 4.77. The van der Waals surface area contributed by atoms with Crippen LogP contribution in [0.3, 0.4) is 0 Å². The van der Waals surface area contributed by atoms with Crippen LogP contribution in [-0.2, 0) is 14.3 Å². The number of rotatable bonds is 7. The second kappa shape index (κ2) is 8.65. The molecule has 1 fully saturated rings. The molecule has 0 atom stereocenters. The van der Waals surface area contributed by atoms with Crippen LogP contribution in [-0.4, -0.2) is 36.6 Å². The number of fused-ring (bicyclic) bond motifs is 1. The first kappa shape index (κ1) is 18.2. The van der Waals surface area contributed by atoms with Gasteiger partial charge >= 0.3 is 5.97 Å². The van der Waals surface area contributed by atoms with Gasteiger partial charge in [0.15, 0.2) is 6.61 Å². The van der Waals surface area contributed by atoms with Gasteiger partial charge in [-0.1, -0.05) is 18.2 Å². The van der Waals surface area contributed by atoms with E-state index in [9.17, 15) is 9.59 Å². The highest BCUT2D eigenvalue weighted by molar-refractivity contribution is 5.81. The first-order valence-electron chi connectivity index (χ1n) is 9.15. The second-order valence-electron chi connectivity index (χ2n) is 6.84. The van der Waals surface area contributed by atoms with E-state index < -0.39 is 5.91 Å². The van der Waals surface area contributed by atoms with Crippen molar-refractivity contribution < 1.29 is 14.3 Å². The van der Waals surface area contributed by atoms with Gasteiger partial charge in [0.1, 0.15) is 0 Å². The molecule has 2 N–H and O–H groups in total. The minimum atomic E-state index is -0.617. The van der Waals surface area contributed by atoms with Crippen LogP contribution < -0.4 is 10.6 Å². The lowest BCUT2D eigenvalue weighted by molar-refractivity contribution is -0.147. The van der Waals surface area contributed by atoms with E-state index in [2.05, 4.69) is 22.0 Å². The van der Waals surface area contributed by atoms with Crippen LogP contribution in [0.1, 0.15) is 32.1 Å². The van der Waals surface area contributed by atoms with Gasteiger partial charge in [-0.2, -0.15) is 0 Å². The van der Waals surface area contributed by atoms with Crippen molar-refractivity contribution in [2.75, 3.05) is 24.6 Å². The average Bonchev–Trinajstić information content (AvgIpc) is 2.66. The number of primary amides is 1. The molecular formula is C20H25N3O3. The maximum absolute atomic E-state index is 11.5. The van der Waals surface area contributed by atoms with Crippen molar-refractivity contribution in [3.63, 3.8) is 0 Å². The number of piperidine rings is 1. The van der Waals surface area contributed by atoms with Crippen molar-refractivity contribution in [1.82, 2.24) is 4.98 Å². The Labute approximate surface area is 153 Å². The van der Waals surface area contributed by atoms with Gasteiger partial charge in [-0.05, 0) is 43.7 Å². The van der Waals surface area contributed by atoms with E-state index in [0.717, 1.165) is 44.3 Å². The van der Waals surface area contributed by atoms with Gasteiger partial charge in [0.05, 0.1) is 17.4 Å². The maximum Gasteiger partial charge on any atom is 0.306 e. The molecule has 1 aromatic heterocycles. The highest BCUT2D eigenvalue weighted by Gasteiger charge is 2.20. The molecule has 0 unspecified atom stereocenters. The molecule has 0 spiro atoms. The first-order chi connectivity index (χ1) is 12.6. The predicted octanol–water partition coefficient (Wildman–Crippen LogP) is 2.65. The summed E-state index contributed by atoms with van der Waals surface area (Å²) in [5, 5.41) is 1.17. The Morgan fingerprint density at radius 2 is 2.00 bits per heavy atom. The minimum Gasteiger partial charge on any atom is -0.456 e. The molecule has 1 aliphatic heterocycles. The molecule has 0 bridgehead atoms. The van der Waals surface area contributed by atoms with Gasteiger partial charge in [0.2, 0.25) is 0 Å². The van der Waals surface area contributed by atoms with Crippen LogP contribution in [0.25, 0.3) is 10.9 Å². The molecule has 1 aliphatic rings. The molecule has 0 saturated carbocycles. The van der Waals surface area contributed by atoms with Crippen molar-refractivity contribution in [3.8, 4) is 0 Å². The Kier molecular flexibility index (Phi) is 6.04. The monoisotopic (exact) mass is 355 g/mol. The van der Waals surface area contributed by atoms with Crippen LogP contribution in [0.15, 0.2) is 36.5 Å². The highest BCUT2D eigenvalue weighted by Crippen LogP contribution is 2.27. The van der Waals surface area contributed by atoms with E-state index >= 15 is 0 Å². The normalized spacial score (nSPS) is 15.2. The lowest BCUT2D eigenvalue weighted by Crippen LogP contribution is -2.33. The van der Waals surface area contributed by atoms with Crippen molar-refractivity contribution >= 4 is 28.5 Å². The molecule has 3 rings (SSSR count). The van der Waals surface area contributed by atoms with Crippen LogP contribution in [0.2, 0.25) is 0 Å². The van der Waals surface area contributed by atoms with Crippen molar-refractivity contribution in [3.05, 3.63) is 36.5 Å². The smallest absolute Gasteiger partial charge is 0.306 e. The van der Waals surface area contributed by atoms with E-state index in [1.54, 1.807) is 0 Å². The molecular weight excluding hydrogens is 330 g/mol. The molecule has 1 saturated heterocycles. The van der Waals surface area contributed by atoms with E-state index in [0.29, 0.717) is 12.3 Å². The summed E-state index contributed by atoms with van der Waals surface area (Å²) >= 11 is 0. The summed E-state index contributed by atoms with van der Waals surface area (Å²) in [4.78, 5) is 29.0. The summed E-state index contributed by atoms with van der Waals surface area (Å²) in [7, 11) is 0. The zero-order valence-electron chi connectivity index (χ0n) is 14.9. The van der Waals surface area contributed by atoms with E-state index in [1.807, 2.05) is 24.4 Å².